The van der Waals surface area contributed by atoms with Crippen LogP contribution in [0.15, 0.2) is 53.4 Å². The third-order valence-corrected chi connectivity index (χ3v) is 9.13. The smallest absolute Gasteiger partial charge is 0.304 e. The zero-order valence-electron chi connectivity index (χ0n) is 22.1. The number of aryl methyl sites for hydroxylation is 3. The lowest BCUT2D eigenvalue weighted by Gasteiger charge is -2.42. The minimum Gasteiger partial charge on any atom is -0.487 e. The quantitative estimate of drug-likeness (QED) is 0.280. The molecular weight excluding hydrogens is 523 g/mol. The van der Waals surface area contributed by atoms with E-state index in [1.165, 1.54) is 4.68 Å². The average molecular weight is 555 g/mol. The Morgan fingerprint density at radius 2 is 1.92 bits per heavy atom. The Labute approximate surface area is 227 Å². The zero-order chi connectivity index (χ0) is 28.1. The Kier molecular flexibility index (Phi) is 7.10. The number of carboxylic acid groups (broad SMARTS) is 1. The number of carboxylic acids is 1. The van der Waals surface area contributed by atoms with Crippen LogP contribution in [0.3, 0.4) is 0 Å². The second-order valence-corrected chi connectivity index (χ2v) is 12.1. The lowest BCUT2D eigenvalue weighted by atomic mass is 9.85. The Morgan fingerprint density at radius 1 is 1.18 bits per heavy atom. The Hall–Kier alpha value is -3.51. The molecule has 0 spiro atoms. The van der Waals surface area contributed by atoms with Crippen LogP contribution in [-0.2, 0) is 18.4 Å². The lowest BCUT2D eigenvalue weighted by molar-refractivity contribution is -0.137. The maximum absolute atomic E-state index is 15.7. The summed E-state index contributed by atoms with van der Waals surface area (Å²) < 4.78 is 47.4. The van der Waals surface area contributed by atoms with E-state index in [9.17, 15) is 19.0 Å². The van der Waals surface area contributed by atoms with Crippen LogP contribution in [0.25, 0.3) is 11.0 Å². The second-order valence-electron chi connectivity index (χ2n) is 10.1. The Balaban J connectivity index is 1.57. The van der Waals surface area contributed by atoms with Crippen molar-refractivity contribution in [3.63, 3.8) is 0 Å². The number of hydrogen-bond donors (Lipinski definition) is 3. The topological polar surface area (TPSA) is 121 Å². The first kappa shape index (κ1) is 27.1. The molecule has 0 radical (unpaired) electrons. The Morgan fingerprint density at radius 3 is 2.67 bits per heavy atom. The number of aromatic nitrogens is 3. The van der Waals surface area contributed by atoms with Gasteiger partial charge in [-0.1, -0.05) is 41.6 Å². The van der Waals surface area contributed by atoms with Gasteiger partial charge in [-0.15, -0.1) is 15.9 Å². The standard InChI is InChI=1S/C28H31FN4O5S/c1-16-9-10-19(21(13-25(34)35)22-11-17(2)28-27(26(22)29)30-31-32(28)4)12-20(16)15-33-14-18(3)38-23-7-5-6-8-24(23)39(33,36)37/h5-12,18,21,36-37H,13-15H2,1-4H3,(H,34,35). The highest BCUT2D eigenvalue weighted by Crippen LogP contribution is 2.57. The number of fused-ring (bicyclic) bond motifs is 2. The van der Waals surface area contributed by atoms with E-state index in [2.05, 4.69) is 10.3 Å². The summed E-state index contributed by atoms with van der Waals surface area (Å²) in [5.41, 5.74) is 3.88. The van der Waals surface area contributed by atoms with E-state index in [1.54, 1.807) is 47.8 Å². The van der Waals surface area contributed by atoms with Gasteiger partial charge in [0.25, 0.3) is 0 Å². The van der Waals surface area contributed by atoms with Gasteiger partial charge in [-0.25, -0.2) is 9.07 Å². The molecule has 9 nitrogen and oxygen atoms in total. The number of benzene rings is 3. The maximum Gasteiger partial charge on any atom is 0.304 e. The van der Waals surface area contributed by atoms with E-state index >= 15 is 4.39 Å². The maximum atomic E-state index is 15.7. The predicted molar refractivity (Wildman–Crippen MR) is 147 cm³/mol. The molecule has 1 aromatic heterocycles. The van der Waals surface area contributed by atoms with Gasteiger partial charge in [0.05, 0.1) is 18.5 Å². The van der Waals surface area contributed by atoms with Crippen LogP contribution in [-0.4, -0.2) is 52.1 Å². The van der Waals surface area contributed by atoms with Gasteiger partial charge in [-0.05, 0) is 60.7 Å². The van der Waals surface area contributed by atoms with Gasteiger partial charge in [0, 0.05) is 19.5 Å². The number of nitrogens with zero attached hydrogens (tertiary/aromatic N) is 4. The summed E-state index contributed by atoms with van der Waals surface area (Å²) in [5, 5.41) is 17.7. The third-order valence-electron chi connectivity index (χ3n) is 7.20. The molecule has 0 saturated carbocycles. The summed E-state index contributed by atoms with van der Waals surface area (Å²) in [6.07, 6.45) is -0.638. The fourth-order valence-corrected chi connectivity index (χ4v) is 6.93. The van der Waals surface area contributed by atoms with Crippen LogP contribution in [0.4, 0.5) is 4.39 Å². The van der Waals surface area contributed by atoms with E-state index in [4.69, 9.17) is 4.74 Å². The number of aliphatic carboxylic acids is 1. The van der Waals surface area contributed by atoms with Crippen molar-refractivity contribution in [1.82, 2.24) is 19.3 Å². The number of rotatable bonds is 6. The van der Waals surface area contributed by atoms with Crippen LogP contribution in [0, 0.1) is 19.7 Å². The molecular formula is C28H31FN4O5S. The summed E-state index contributed by atoms with van der Waals surface area (Å²) >= 11 is 0. The highest BCUT2D eigenvalue weighted by molar-refractivity contribution is 8.22. The molecule has 206 valence electrons. The van der Waals surface area contributed by atoms with Gasteiger partial charge < -0.3 is 9.84 Å². The van der Waals surface area contributed by atoms with Crippen molar-refractivity contribution in [2.24, 2.45) is 7.05 Å². The van der Waals surface area contributed by atoms with Crippen molar-refractivity contribution in [3.8, 4) is 5.75 Å². The first-order valence-corrected chi connectivity index (χ1v) is 14.1. The van der Waals surface area contributed by atoms with E-state index < -0.39 is 28.5 Å². The number of halogens is 1. The first-order chi connectivity index (χ1) is 18.5. The van der Waals surface area contributed by atoms with Crippen molar-refractivity contribution in [3.05, 3.63) is 82.2 Å². The molecule has 3 N–H and O–H groups in total. The molecule has 4 aromatic rings. The normalized spacial score (nSPS) is 18.7. The van der Waals surface area contributed by atoms with E-state index in [1.807, 2.05) is 32.9 Å². The number of carbonyl (C=O) groups is 1. The molecule has 0 saturated heterocycles. The summed E-state index contributed by atoms with van der Waals surface area (Å²) in [5.74, 6) is -2.02. The molecule has 0 aliphatic carbocycles. The number of para-hydroxylation sites is 1. The minimum atomic E-state index is -3.37. The van der Waals surface area contributed by atoms with Crippen LogP contribution in [0.1, 0.15) is 47.1 Å². The molecule has 0 amide bonds. The van der Waals surface area contributed by atoms with Gasteiger partial charge in [0.2, 0.25) is 0 Å². The molecule has 39 heavy (non-hydrogen) atoms. The van der Waals surface area contributed by atoms with E-state index in [-0.39, 0.29) is 36.7 Å². The number of hydrogen-bond acceptors (Lipinski definition) is 7. The van der Waals surface area contributed by atoms with E-state index in [0.717, 1.165) is 16.7 Å². The zero-order valence-corrected chi connectivity index (χ0v) is 22.9. The second kappa shape index (κ2) is 10.2. The van der Waals surface area contributed by atoms with Crippen molar-refractivity contribution in [2.45, 2.75) is 50.7 Å². The summed E-state index contributed by atoms with van der Waals surface area (Å²) in [4.78, 5) is 12.2. The fourth-order valence-electron chi connectivity index (χ4n) is 5.26. The average Bonchev–Trinajstić information content (AvgIpc) is 3.24. The molecule has 5 rings (SSSR count). The molecule has 3 aromatic carbocycles. The van der Waals surface area contributed by atoms with E-state index in [0.29, 0.717) is 21.7 Å². The van der Waals surface area contributed by atoms with Crippen molar-refractivity contribution in [1.29, 1.82) is 0 Å². The summed E-state index contributed by atoms with van der Waals surface area (Å²) in [7, 11) is -1.69. The molecule has 1 aliphatic heterocycles. The van der Waals surface area contributed by atoms with Gasteiger partial charge >= 0.3 is 5.97 Å². The van der Waals surface area contributed by atoms with Crippen molar-refractivity contribution in [2.75, 3.05) is 6.54 Å². The predicted octanol–water partition coefficient (Wildman–Crippen LogP) is 5.64. The third kappa shape index (κ3) is 4.98. The van der Waals surface area contributed by atoms with Gasteiger partial charge in [-0.3, -0.25) is 13.9 Å². The first-order valence-electron chi connectivity index (χ1n) is 12.6. The fraction of sp³-hybridized carbons (Fsp3) is 0.321. The van der Waals surface area contributed by atoms with Crippen molar-refractivity contribution >= 4 is 27.8 Å². The van der Waals surface area contributed by atoms with Crippen LogP contribution in [0.5, 0.6) is 5.75 Å². The Bertz CT molecular complexity index is 1570. The highest BCUT2D eigenvalue weighted by Gasteiger charge is 2.34. The molecule has 0 bridgehead atoms. The molecule has 0 fully saturated rings. The molecule has 11 heteroatoms. The monoisotopic (exact) mass is 554 g/mol. The lowest BCUT2D eigenvalue weighted by Crippen LogP contribution is -2.33. The minimum absolute atomic E-state index is 0.0985. The molecule has 2 unspecified atom stereocenters. The van der Waals surface area contributed by atoms with Gasteiger partial charge in [-0.2, -0.15) is 4.31 Å². The highest BCUT2D eigenvalue weighted by atomic mass is 32.3. The summed E-state index contributed by atoms with van der Waals surface area (Å²) in [6, 6.07) is 14.0. The van der Waals surface area contributed by atoms with Gasteiger partial charge in [0.1, 0.15) is 22.3 Å². The largest absolute Gasteiger partial charge is 0.487 e. The molecule has 1 aliphatic rings. The number of ether oxygens (including phenoxy) is 1. The SMILES string of the molecule is Cc1ccc(C(CC(=O)O)c2cc(C)c3c(nnn3C)c2F)cc1CN1CC(C)Oc2ccccc2S1(O)O. The van der Waals surface area contributed by atoms with Crippen LogP contribution >= 0.6 is 10.8 Å². The van der Waals surface area contributed by atoms with Crippen LogP contribution < -0.4 is 4.74 Å². The molecule has 2 heterocycles. The van der Waals surface area contributed by atoms with Crippen LogP contribution in [0.2, 0.25) is 0 Å². The molecule has 2 atom stereocenters. The van der Waals surface area contributed by atoms with Gasteiger partial charge in [0.15, 0.2) is 5.82 Å². The van der Waals surface area contributed by atoms with Crippen molar-refractivity contribution < 1.29 is 28.1 Å². The summed E-state index contributed by atoms with van der Waals surface area (Å²) in [6.45, 7) is 6.02.